The largest absolute Gasteiger partial charge is 0.330 e. The number of aromatic nitrogens is 2. The molecule has 1 aromatic heterocycles. The molecule has 0 saturated carbocycles. The van der Waals surface area contributed by atoms with Crippen molar-refractivity contribution in [3.05, 3.63) is 45.7 Å². The Morgan fingerprint density at radius 2 is 2.00 bits per heavy atom. The van der Waals surface area contributed by atoms with Gasteiger partial charge in [-0.3, -0.25) is 0 Å². The van der Waals surface area contributed by atoms with Gasteiger partial charge in [0.1, 0.15) is 0 Å². The molecule has 0 atom stereocenters. The molecule has 19 heavy (non-hydrogen) atoms. The molecular formula is C15H20BrN3. The van der Waals surface area contributed by atoms with Gasteiger partial charge in [0.2, 0.25) is 0 Å². The minimum atomic E-state index is 0.667. The van der Waals surface area contributed by atoms with Crippen LogP contribution in [-0.4, -0.2) is 16.3 Å². The second kappa shape index (κ2) is 6.35. The Balaban J connectivity index is 2.41. The molecule has 102 valence electrons. The summed E-state index contributed by atoms with van der Waals surface area (Å²) in [6.07, 6.45) is 2.84. The first kappa shape index (κ1) is 14.3. The number of rotatable bonds is 5. The van der Waals surface area contributed by atoms with Gasteiger partial charge in [0.25, 0.3) is 0 Å². The van der Waals surface area contributed by atoms with Crippen LogP contribution in [0, 0.1) is 0 Å². The molecule has 4 heteroatoms. The molecule has 0 amide bonds. The minimum Gasteiger partial charge on any atom is -0.330 e. The van der Waals surface area contributed by atoms with Crippen LogP contribution in [0.1, 0.15) is 30.8 Å². The molecule has 0 aliphatic rings. The highest BCUT2D eigenvalue weighted by atomic mass is 79.9. The number of hydrogen-bond acceptors (Lipinski definition) is 2. The van der Waals surface area contributed by atoms with Crippen LogP contribution >= 0.6 is 15.9 Å². The molecule has 0 spiro atoms. The smallest absolute Gasteiger partial charge is 0.0660 e. The van der Waals surface area contributed by atoms with Gasteiger partial charge in [-0.05, 0) is 49.6 Å². The van der Waals surface area contributed by atoms with Crippen LogP contribution in [0.5, 0.6) is 0 Å². The van der Waals surface area contributed by atoms with E-state index in [9.17, 15) is 0 Å². The molecular weight excluding hydrogens is 302 g/mol. The Morgan fingerprint density at radius 1 is 1.21 bits per heavy atom. The van der Waals surface area contributed by atoms with E-state index in [1.165, 1.54) is 11.3 Å². The van der Waals surface area contributed by atoms with E-state index in [-0.39, 0.29) is 0 Å². The SMILES string of the molecule is CCc1cc(CC)n(-c2ccc(CCN)c(Br)c2)n1. The molecule has 0 saturated heterocycles. The molecule has 1 aromatic carbocycles. The number of nitrogens with zero attached hydrogens (tertiary/aromatic N) is 2. The molecule has 1 heterocycles. The third-order valence-electron chi connectivity index (χ3n) is 3.25. The fourth-order valence-corrected chi connectivity index (χ4v) is 2.71. The Labute approximate surface area is 122 Å². The van der Waals surface area contributed by atoms with E-state index in [1.54, 1.807) is 0 Å². The normalized spacial score (nSPS) is 10.9. The number of aryl methyl sites for hydroxylation is 2. The van der Waals surface area contributed by atoms with Crippen molar-refractivity contribution < 1.29 is 0 Å². The molecule has 0 fully saturated rings. The van der Waals surface area contributed by atoms with Gasteiger partial charge in [-0.25, -0.2) is 4.68 Å². The highest BCUT2D eigenvalue weighted by Crippen LogP contribution is 2.22. The first-order valence-corrected chi connectivity index (χ1v) is 7.55. The van der Waals surface area contributed by atoms with E-state index in [0.717, 1.165) is 35.1 Å². The first-order valence-electron chi connectivity index (χ1n) is 6.76. The lowest BCUT2D eigenvalue weighted by Crippen LogP contribution is -2.05. The first-order chi connectivity index (χ1) is 9.19. The summed E-state index contributed by atoms with van der Waals surface area (Å²) in [6.45, 7) is 4.96. The molecule has 0 radical (unpaired) electrons. The van der Waals surface area contributed by atoms with Crippen LogP contribution in [0.25, 0.3) is 5.69 Å². The van der Waals surface area contributed by atoms with Gasteiger partial charge in [-0.1, -0.05) is 35.8 Å². The quantitative estimate of drug-likeness (QED) is 0.918. The fraction of sp³-hybridized carbons (Fsp3) is 0.400. The Hall–Kier alpha value is -1.13. The molecule has 3 nitrogen and oxygen atoms in total. The average molecular weight is 322 g/mol. The number of benzene rings is 1. The monoisotopic (exact) mass is 321 g/mol. The number of nitrogens with two attached hydrogens (primary N) is 1. The van der Waals surface area contributed by atoms with Crippen LogP contribution in [-0.2, 0) is 19.3 Å². The second-order valence-electron chi connectivity index (χ2n) is 4.56. The van der Waals surface area contributed by atoms with Gasteiger partial charge in [0, 0.05) is 10.2 Å². The maximum absolute atomic E-state index is 5.61. The summed E-state index contributed by atoms with van der Waals surface area (Å²) in [5.41, 5.74) is 10.3. The molecule has 2 aromatic rings. The van der Waals surface area contributed by atoms with Gasteiger partial charge < -0.3 is 5.73 Å². The molecule has 2 N–H and O–H groups in total. The van der Waals surface area contributed by atoms with Crippen LogP contribution in [0.2, 0.25) is 0 Å². The lowest BCUT2D eigenvalue weighted by Gasteiger charge is -2.09. The molecule has 0 aliphatic carbocycles. The lowest BCUT2D eigenvalue weighted by molar-refractivity contribution is 0.792. The van der Waals surface area contributed by atoms with Gasteiger partial charge in [0.15, 0.2) is 0 Å². The van der Waals surface area contributed by atoms with Crippen molar-refractivity contribution in [1.82, 2.24) is 9.78 Å². The highest BCUT2D eigenvalue weighted by Gasteiger charge is 2.09. The fourth-order valence-electron chi connectivity index (χ4n) is 2.15. The van der Waals surface area contributed by atoms with E-state index < -0.39 is 0 Å². The summed E-state index contributed by atoms with van der Waals surface area (Å²) in [5, 5.41) is 4.66. The van der Waals surface area contributed by atoms with E-state index >= 15 is 0 Å². The Bertz CT molecular complexity index is 561. The van der Waals surface area contributed by atoms with Gasteiger partial charge in [0.05, 0.1) is 11.4 Å². The predicted octanol–water partition coefficient (Wildman–Crippen LogP) is 3.26. The zero-order valence-corrected chi connectivity index (χ0v) is 13.1. The maximum atomic E-state index is 5.61. The molecule has 2 rings (SSSR count). The van der Waals surface area contributed by atoms with Crippen molar-refractivity contribution in [2.24, 2.45) is 5.73 Å². The zero-order chi connectivity index (χ0) is 13.8. The summed E-state index contributed by atoms with van der Waals surface area (Å²) in [4.78, 5) is 0. The standard InChI is InChI=1S/C15H20BrN3/c1-3-12-9-13(4-2)19(18-12)14-6-5-11(7-8-17)15(16)10-14/h5-6,9-10H,3-4,7-8,17H2,1-2H3. The Kier molecular flexibility index (Phi) is 4.77. The predicted molar refractivity (Wildman–Crippen MR) is 82.8 cm³/mol. The number of halogens is 1. The molecule has 0 bridgehead atoms. The van der Waals surface area contributed by atoms with Gasteiger partial charge >= 0.3 is 0 Å². The van der Waals surface area contributed by atoms with Crippen molar-refractivity contribution in [2.75, 3.05) is 6.54 Å². The van der Waals surface area contributed by atoms with Crippen molar-refractivity contribution in [2.45, 2.75) is 33.1 Å². The number of hydrogen-bond donors (Lipinski definition) is 1. The lowest BCUT2D eigenvalue weighted by atomic mass is 10.1. The van der Waals surface area contributed by atoms with Crippen molar-refractivity contribution >= 4 is 15.9 Å². The van der Waals surface area contributed by atoms with E-state index in [0.29, 0.717) is 6.54 Å². The summed E-state index contributed by atoms with van der Waals surface area (Å²) in [7, 11) is 0. The van der Waals surface area contributed by atoms with Crippen molar-refractivity contribution in [3.8, 4) is 5.69 Å². The van der Waals surface area contributed by atoms with Crippen LogP contribution in [0.15, 0.2) is 28.7 Å². The van der Waals surface area contributed by atoms with Crippen LogP contribution in [0.3, 0.4) is 0 Å². The van der Waals surface area contributed by atoms with E-state index in [4.69, 9.17) is 5.73 Å². The minimum absolute atomic E-state index is 0.667. The maximum Gasteiger partial charge on any atom is 0.0660 e. The summed E-state index contributed by atoms with van der Waals surface area (Å²) in [5.74, 6) is 0. The summed E-state index contributed by atoms with van der Waals surface area (Å²) < 4.78 is 3.14. The van der Waals surface area contributed by atoms with E-state index in [1.807, 2.05) is 4.68 Å². The Morgan fingerprint density at radius 3 is 2.58 bits per heavy atom. The average Bonchev–Trinajstić information content (AvgIpc) is 2.84. The molecule has 0 aliphatic heterocycles. The molecule has 0 unspecified atom stereocenters. The van der Waals surface area contributed by atoms with Gasteiger partial charge in [-0.15, -0.1) is 0 Å². The van der Waals surface area contributed by atoms with E-state index in [2.05, 4.69) is 59.1 Å². The highest BCUT2D eigenvalue weighted by molar-refractivity contribution is 9.10. The third-order valence-corrected chi connectivity index (χ3v) is 3.99. The van der Waals surface area contributed by atoms with Gasteiger partial charge in [-0.2, -0.15) is 5.10 Å². The van der Waals surface area contributed by atoms with Crippen LogP contribution in [0.4, 0.5) is 0 Å². The summed E-state index contributed by atoms with van der Waals surface area (Å²) in [6, 6.07) is 8.54. The summed E-state index contributed by atoms with van der Waals surface area (Å²) >= 11 is 3.62. The third kappa shape index (κ3) is 3.07. The van der Waals surface area contributed by atoms with Crippen molar-refractivity contribution in [3.63, 3.8) is 0 Å². The topological polar surface area (TPSA) is 43.8 Å². The van der Waals surface area contributed by atoms with Crippen molar-refractivity contribution in [1.29, 1.82) is 0 Å². The van der Waals surface area contributed by atoms with Crippen LogP contribution < -0.4 is 5.73 Å². The second-order valence-corrected chi connectivity index (χ2v) is 5.41. The zero-order valence-electron chi connectivity index (χ0n) is 11.5.